The molecule has 2 N–H and O–H groups in total. The van der Waals surface area contributed by atoms with Gasteiger partial charge in [-0.2, -0.15) is 0 Å². The maximum Gasteiger partial charge on any atom is 0.330 e. The summed E-state index contributed by atoms with van der Waals surface area (Å²) < 4.78 is 22.7. The van der Waals surface area contributed by atoms with Gasteiger partial charge in [0.15, 0.2) is 0 Å². The highest BCUT2D eigenvalue weighted by molar-refractivity contribution is 5.82. The fourth-order valence-corrected chi connectivity index (χ4v) is 4.43. The fraction of sp³-hybridized carbons (Fsp3) is 0.667. The first-order valence-corrected chi connectivity index (χ1v) is 12.4. The van der Waals surface area contributed by atoms with Crippen LogP contribution < -0.4 is 0 Å². The molecule has 0 aromatic heterocycles. The Hall–Kier alpha value is -1.77. The van der Waals surface area contributed by atoms with Crippen molar-refractivity contribution in [3.63, 3.8) is 0 Å². The molecule has 3 aliphatic rings. The Kier molecular flexibility index (Phi) is 10.5. The zero-order valence-electron chi connectivity index (χ0n) is 20.4. The van der Waals surface area contributed by atoms with Crippen molar-refractivity contribution in [3.8, 4) is 0 Å². The number of aliphatic hydroxyl groups excluding tert-OH is 2. The molecule has 0 saturated carbocycles. The van der Waals surface area contributed by atoms with Crippen LogP contribution in [0.2, 0.25) is 0 Å². The molecule has 190 valence electrons. The molecule has 0 unspecified atom stereocenters. The smallest absolute Gasteiger partial charge is 0.330 e. The topological polar surface area (TPSA) is 97.8 Å². The molecule has 0 amide bonds. The van der Waals surface area contributed by atoms with Gasteiger partial charge in [0.05, 0.1) is 24.9 Å². The minimum absolute atomic E-state index is 0.114. The van der Waals surface area contributed by atoms with Crippen molar-refractivity contribution in [2.24, 2.45) is 5.92 Å². The SMILES string of the molecule is C=C1C[C@H](C)COCCC/C=C\C(=O)O[C@H]([C@@H](O)/C=C/[C@@H]2CC(C)=CCO2)C[C@@H]2O[C@H]2[C@@H](O)C1. The summed E-state index contributed by atoms with van der Waals surface area (Å²) in [6.45, 7) is 10.1. The van der Waals surface area contributed by atoms with E-state index < -0.39 is 24.3 Å². The minimum Gasteiger partial charge on any atom is -0.456 e. The molecule has 1 saturated heterocycles. The van der Waals surface area contributed by atoms with Crippen LogP contribution >= 0.6 is 0 Å². The van der Waals surface area contributed by atoms with Gasteiger partial charge in [0, 0.05) is 25.7 Å². The Labute approximate surface area is 203 Å². The van der Waals surface area contributed by atoms with E-state index in [1.165, 1.54) is 11.6 Å². The summed E-state index contributed by atoms with van der Waals surface area (Å²) in [7, 11) is 0. The average molecular weight is 477 g/mol. The zero-order chi connectivity index (χ0) is 24.5. The lowest BCUT2D eigenvalue weighted by molar-refractivity contribution is -0.148. The largest absolute Gasteiger partial charge is 0.456 e. The summed E-state index contributed by atoms with van der Waals surface area (Å²) in [5.74, 6) is -0.189. The van der Waals surface area contributed by atoms with Crippen LogP contribution in [0.5, 0.6) is 0 Å². The molecular weight excluding hydrogens is 436 g/mol. The number of aliphatic hydroxyl groups is 2. The van der Waals surface area contributed by atoms with Gasteiger partial charge in [0.2, 0.25) is 0 Å². The highest BCUT2D eigenvalue weighted by atomic mass is 16.6. The molecule has 3 heterocycles. The van der Waals surface area contributed by atoms with Gasteiger partial charge >= 0.3 is 5.97 Å². The third kappa shape index (κ3) is 9.12. The second-order valence-corrected chi connectivity index (χ2v) is 9.80. The Balaban J connectivity index is 1.64. The molecule has 0 aliphatic carbocycles. The summed E-state index contributed by atoms with van der Waals surface area (Å²) in [4.78, 5) is 12.4. The maximum atomic E-state index is 12.4. The highest BCUT2D eigenvalue weighted by Crippen LogP contribution is 2.34. The van der Waals surface area contributed by atoms with Crippen molar-refractivity contribution in [1.29, 1.82) is 0 Å². The monoisotopic (exact) mass is 476 g/mol. The normalized spacial score (nSPS) is 36.5. The van der Waals surface area contributed by atoms with Crippen molar-refractivity contribution in [3.05, 3.63) is 48.1 Å². The summed E-state index contributed by atoms with van der Waals surface area (Å²) >= 11 is 0. The van der Waals surface area contributed by atoms with E-state index in [4.69, 9.17) is 18.9 Å². The van der Waals surface area contributed by atoms with E-state index in [-0.39, 0.29) is 18.3 Å². The van der Waals surface area contributed by atoms with Crippen LogP contribution in [0, 0.1) is 5.92 Å². The van der Waals surface area contributed by atoms with E-state index in [2.05, 4.69) is 20.4 Å². The lowest BCUT2D eigenvalue weighted by Crippen LogP contribution is -2.32. The van der Waals surface area contributed by atoms with Crippen molar-refractivity contribution < 1.29 is 34.0 Å². The first kappa shape index (κ1) is 26.8. The van der Waals surface area contributed by atoms with E-state index in [1.54, 1.807) is 12.2 Å². The molecule has 0 spiro atoms. The van der Waals surface area contributed by atoms with Gasteiger partial charge in [-0.15, -0.1) is 0 Å². The molecule has 7 atom stereocenters. The van der Waals surface area contributed by atoms with Gasteiger partial charge in [0.1, 0.15) is 18.3 Å². The molecule has 34 heavy (non-hydrogen) atoms. The number of fused-ring (bicyclic) bond motifs is 1. The maximum absolute atomic E-state index is 12.4. The van der Waals surface area contributed by atoms with Crippen LogP contribution in [0.1, 0.15) is 52.4 Å². The van der Waals surface area contributed by atoms with E-state index in [9.17, 15) is 15.0 Å². The summed E-state index contributed by atoms with van der Waals surface area (Å²) in [5.41, 5.74) is 2.21. The molecule has 0 bridgehead atoms. The average Bonchev–Trinajstić information content (AvgIpc) is 3.55. The van der Waals surface area contributed by atoms with Crippen LogP contribution in [0.15, 0.2) is 48.1 Å². The first-order valence-electron chi connectivity index (χ1n) is 12.4. The number of esters is 1. The molecule has 7 nitrogen and oxygen atoms in total. The van der Waals surface area contributed by atoms with Crippen LogP contribution in [-0.4, -0.2) is 72.6 Å². The van der Waals surface area contributed by atoms with Crippen molar-refractivity contribution in [2.75, 3.05) is 19.8 Å². The Morgan fingerprint density at radius 2 is 2.09 bits per heavy atom. The van der Waals surface area contributed by atoms with Gasteiger partial charge in [-0.25, -0.2) is 4.79 Å². The van der Waals surface area contributed by atoms with E-state index in [1.807, 2.05) is 12.2 Å². The number of ether oxygens (including phenoxy) is 4. The summed E-state index contributed by atoms with van der Waals surface area (Å²) in [6, 6.07) is 0. The predicted molar refractivity (Wildman–Crippen MR) is 129 cm³/mol. The van der Waals surface area contributed by atoms with Crippen LogP contribution in [-0.2, 0) is 23.7 Å². The van der Waals surface area contributed by atoms with Gasteiger partial charge in [-0.05, 0) is 44.9 Å². The standard InChI is InChI=1S/C27H40O7/c1-18-10-12-32-21(14-18)8-9-22(28)24-16-25-27(34-25)23(29)15-19(2)13-20(3)17-31-11-6-4-5-7-26(30)33-24/h5,7-10,20-25,27-29H,2,4,6,11-17H2,1,3H3/b7-5-,9-8+/t20-,21+,22-,23-,24-,25-,27-/m0/s1. The highest BCUT2D eigenvalue weighted by Gasteiger charge is 2.46. The summed E-state index contributed by atoms with van der Waals surface area (Å²) in [5, 5.41) is 21.4. The molecule has 7 heteroatoms. The number of hydrogen-bond acceptors (Lipinski definition) is 7. The number of carbonyl (C=O) groups is 1. The van der Waals surface area contributed by atoms with Crippen molar-refractivity contribution in [2.45, 2.75) is 89.0 Å². The number of epoxide rings is 1. The number of carbonyl (C=O) groups excluding carboxylic acids is 1. The van der Waals surface area contributed by atoms with Gasteiger partial charge in [0.25, 0.3) is 0 Å². The Morgan fingerprint density at radius 1 is 1.26 bits per heavy atom. The van der Waals surface area contributed by atoms with Crippen LogP contribution in [0.4, 0.5) is 0 Å². The number of allylic oxidation sites excluding steroid dienone is 1. The lowest BCUT2D eigenvalue weighted by atomic mass is 9.95. The van der Waals surface area contributed by atoms with E-state index in [0.717, 1.165) is 24.8 Å². The molecule has 0 radical (unpaired) electrons. The summed E-state index contributed by atoms with van der Waals surface area (Å²) in [6.07, 6.45) is 9.23. The third-order valence-electron chi connectivity index (χ3n) is 6.35. The molecule has 3 aliphatic heterocycles. The number of rotatable bonds is 3. The second-order valence-electron chi connectivity index (χ2n) is 9.80. The number of hydrogen-bond donors (Lipinski definition) is 2. The molecule has 3 rings (SSSR count). The second kappa shape index (κ2) is 13.4. The van der Waals surface area contributed by atoms with Crippen molar-refractivity contribution >= 4 is 5.97 Å². The minimum atomic E-state index is -1.01. The Bertz CT molecular complexity index is 771. The zero-order valence-corrected chi connectivity index (χ0v) is 20.4. The van der Waals surface area contributed by atoms with Crippen LogP contribution in [0.3, 0.4) is 0 Å². The van der Waals surface area contributed by atoms with Gasteiger partial charge in [-0.3, -0.25) is 0 Å². The van der Waals surface area contributed by atoms with E-state index in [0.29, 0.717) is 45.0 Å². The molecule has 1 fully saturated rings. The van der Waals surface area contributed by atoms with E-state index >= 15 is 0 Å². The van der Waals surface area contributed by atoms with Gasteiger partial charge in [-0.1, -0.05) is 49.0 Å². The predicted octanol–water partition coefficient (Wildman–Crippen LogP) is 3.41. The number of cyclic esters (lactones) is 1. The lowest BCUT2D eigenvalue weighted by Gasteiger charge is -2.22. The molecule has 0 aromatic carbocycles. The fourth-order valence-electron chi connectivity index (χ4n) is 4.43. The van der Waals surface area contributed by atoms with Crippen LogP contribution in [0.25, 0.3) is 0 Å². The third-order valence-corrected chi connectivity index (χ3v) is 6.35. The first-order chi connectivity index (χ1) is 16.3. The molecule has 0 aromatic rings. The Morgan fingerprint density at radius 3 is 2.88 bits per heavy atom. The molecular formula is C27H40O7. The van der Waals surface area contributed by atoms with Gasteiger partial charge < -0.3 is 29.2 Å². The van der Waals surface area contributed by atoms with Crippen molar-refractivity contribution in [1.82, 2.24) is 0 Å². The quantitative estimate of drug-likeness (QED) is 0.366.